The van der Waals surface area contributed by atoms with Gasteiger partial charge < -0.3 is 4.90 Å². The van der Waals surface area contributed by atoms with Gasteiger partial charge in [0.15, 0.2) is 0 Å². The second kappa shape index (κ2) is 5.16. The molecule has 0 saturated carbocycles. The smallest absolute Gasteiger partial charge is 0.222 e. The molecular formula is C9H19NO. The van der Waals surface area contributed by atoms with Gasteiger partial charge in [0.1, 0.15) is 0 Å². The molecule has 0 saturated heterocycles. The first-order valence-corrected chi connectivity index (χ1v) is 4.28. The van der Waals surface area contributed by atoms with E-state index in [1.807, 2.05) is 0 Å². The highest BCUT2D eigenvalue weighted by atomic mass is 16.2. The number of carbonyl (C=O) groups excluding carboxylic acids is 1. The van der Waals surface area contributed by atoms with Crippen molar-refractivity contribution in [2.45, 2.75) is 33.1 Å². The molecule has 0 aromatic rings. The lowest BCUT2D eigenvalue weighted by Crippen LogP contribution is -2.21. The van der Waals surface area contributed by atoms with Crippen LogP contribution in [0.1, 0.15) is 33.1 Å². The first kappa shape index (κ1) is 10.5. The number of nitrogens with zero attached hydrogens (tertiary/aromatic N) is 1. The second-order valence-corrected chi connectivity index (χ2v) is 3.34. The lowest BCUT2D eigenvalue weighted by Gasteiger charge is -2.12. The van der Waals surface area contributed by atoms with E-state index in [0.29, 0.717) is 12.3 Å². The van der Waals surface area contributed by atoms with Crippen molar-refractivity contribution >= 4 is 5.91 Å². The Morgan fingerprint density at radius 2 is 2.00 bits per heavy atom. The van der Waals surface area contributed by atoms with E-state index in [1.54, 1.807) is 19.0 Å². The topological polar surface area (TPSA) is 20.3 Å². The van der Waals surface area contributed by atoms with Crippen LogP contribution in [-0.2, 0) is 4.79 Å². The largest absolute Gasteiger partial charge is 0.349 e. The minimum Gasteiger partial charge on any atom is -0.349 e. The zero-order valence-electron chi connectivity index (χ0n) is 8.05. The third-order valence-electron chi connectivity index (χ3n) is 2.05. The molecule has 0 aliphatic heterocycles. The maximum Gasteiger partial charge on any atom is 0.222 e. The predicted octanol–water partition coefficient (Wildman–Crippen LogP) is 1.90. The molecule has 0 aromatic heterocycles. The van der Waals surface area contributed by atoms with Gasteiger partial charge in [-0.3, -0.25) is 4.79 Å². The molecule has 1 unspecified atom stereocenters. The van der Waals surface area contributed by atoms with Gasteiger partial charge in [0.25, 0.3) is 0 Å². The Bertz CT molecular complexity index is 121. The summed E-state index contributed by atoms with van der Waals surface area (Å²) in [6.07, 6.45) is 2.89. The van der Waals surface area contributed by atoms with E-state index in [1.165, 1.54) is 6.42 Å². The maximum absolute atomic E-state index is 11.1. The van der Waals surface area contributed by atoms with Crippen molar-refractivity contribution in [3.63, 3.8) is 0 Å². The summed E-state index contributed by atoms with van der Waals surface area (Å²) in [4.78, 5) is 12.7. The van der Waals surface area contributed by atoms with Gasteiger partial charge in [-0.1, -0.05) is 20.3 Å². The molecule has 0 aliphatic rings. The minimum atomic E-state index is 0.241. The molecular weight excluding hydrogens is 138 g/mol. The fourth-order valence-electron chi connectivity index (χ4n) is 0.798. The fraction of sp³-hybridized carbons (Fsp3) is 0.889. The molecule has 1 amide bonds. The molecule has 2 heteroatoms. The number of amides is 1. The van der Waals surface area contributed by atoms with Crippen molar-refractivity contribution in [1.29, 1.82) is 0 Å². The van der Waals surface area contributed by atoms with Gasteiger partial charge in [-0.15, -0.1) is 0 Å². The van der Waals surface area contributed by atoms with Crippen molar-refractivity contribution in [2.24, 2.45) is 5.92 Å². The van der Waals surface area contributed by atoms with Gasteiger partial charge in [-0.05, 0) is 12.3 Å². The Labute approximate surface area is 69.6 Å². The summed E-state index contributed by atoms with van der Waals surface area (Å²) < 4.78 is 0. The molecule has 2 nitrogen and oxygen atoms in total. The van der Waals surface area contributed by atoms with E-state index in [9.17, 15) is 4.79 Å². The quantitative estimate of drug-likeness (QED) is 0.610. The highest BCUT2D eigenvalue weighted by Gasteiger charge is 2.05. The van der Waals surface area contributed by atoms with Crippen LogP contribution in [0, 0.1) is 5.92 Å². The first-order chi connectivity index (χ1) is 5.07. The van der Waals surface area contributed by atoms with Gasteiger partial charge in [0, 0.05) is 20.5 Å². The lowest BCUT2D eigenvalue weighted by atomic mass is 10.0. The van der Waals surface area contributed by atoms with E-state index >= 15 is 0 Å². The number of carbonyl (C=O) groups is 1. The van der Waals surface area contributed by atoms with E-state index in [0.717, 1.165) is 6.42 Å². The molecule has 0 bridgehead atoms. The van der Waals surface area contributed by atoms with Crippen LogP contribution in [-0.4, -0.2) is 24.9 Å². The SMILES string of the molecule is CCC(C)CCC(=O)N(C)C. The zero-order chi connectivity index (χ0) is 8.85. The summed E-state index contributed by atoms with van der Waals surface area (Å²) in [5.41, 5.74) is 0. The van der Waals surface area contributed by atoms with Crippen LogP contribution in [0.5, 0.6) is 0 Å². The molecule has 0 spiro atoms. The van der Waals surface area contributed by atoms with Gasteiger partial charge >= 0.3 is 0 Å². The minimum absolute atomic E-state index is 0.241. The highest BCUT2D eigenvalue weighted by Crippen LogP contribution is 2.09. The van der Waals surface area contributed by atoms with Crippen molar-refractivity contribution in [1.82, 2.24) is 4.90 Å². The molecule has 0 N–H and O–H groups in total. The standard InChI is InChI=1S/C9H19NO/c1-5-8(2)6-7-9(11)10(3)4/h8H,5-7H2,1-4H3. The second-order valence-electron chi connectivity index (χ2n) is 3.34. The molecule has 1 atom stereocenters. The molecule has 0 aromatic carbocycles. The summed E-state index contributed by atoms with van der Waals surface area (Å²) in [5, 5.41) is 0. The van der Waals surface area contributed by atoms with Crippen LogP contribution in [0.2, 0.25) is 0 Å². The van der Waals surface area contributed by atoms with E-state index in [2.05, 4.69) is 13.8 Å². The fourth-order valence-corrected chi connectivity index (χ4v) is 0.798. The average molecular weight is 157 g/mol. The van der Waals surface area contributed by atoms with Crippen LogP contribution in [0.15, 0.2) is 0 Å². The third kappa shape index (κ3) is 4.82. The first-order valence-electron chi connectivity index (χ1n) is 4.28. The number of rotatable bonds is 4. The molecule has 0 rings (SSSR count). The van der Waals surface area contributed by atoms with Crippen LogP contribution in [0.4, 0.5) is 0 Å². The molecule has 66 valence electrons. The Kier molecular flexibility index (Phi) is 4.92. The Morgan fingerprint density at radius 1 is 1.45 bits per heavy atom. The van der Waals surface area contributed by atoms with Crippen LogP contribution in [0.25, 0.3) is 0 Å². The van der Waals surface area contributed by atoms with Crippen molar-refractivity contribution in [3.8, 4) is 0 Å². The van der Waals surface area contributed by atoms with Crippen molar-refractivity contribution in [2.75, 3.05) is 14.1 Å². The van der Waals surface area contributed by atoms with Crippen LogP contribution < -0.4 is 0 Å². The summed E-state index contributed by atoms with van der Waals surface area (Å²) in [6.45, 7) is 4.34. The summed E-state index contributed by atoms with van der Waals surface area (Å²) in [5.74, 6) is 0.921. The average Bonchev–Trinajstić information content (AvgIpc) is 1.99. The van der Waals surface area contributed by atoms with E-state index < -0.39 is 0 Å². The Morgan fingerprint density at radius 3 is 2.36 bits per heavy atom. The van der Waals surface area contributed by atoms with Crippen LogP contribution >= 0.6 is 0 Å². The molecule has 0 radical (unpaired) electrons. The van der Waals surface area contributed by atoms with Crippen molar-refractivity contribution < 1.29 is 4.79 Å². The molecule has 0 aliphatic carbocycles. The molecule has 11 heavy (non-hydrogen) atoms. The maximum atomic E-state index is 11.1. The monoisotopic (exact) mass is 157 g/mol. The number of hydrogen-bond acceptors (Lipinski definition) is 1. The predicted molar refractivity (Wildman–Crippen MR) is 47.4 cm³/mol. The number of hydrogen-bond donors (Lipinski definition) is 0. The summed E-state index contributed by atoms with van der Waals surface area (Å²) in [6, 6.07) is 0. The third-order valence-corrected chi connectivity index (χ3v) is 2.05. The summed E-state index contributed by atoms with van der Waals surface area (Å²) >= 11 is 0. The van der Waals surface area contributed by atoms with E-state index in [-0.39, 0.29) is 5.91 Å². The zero-order valence-corrected chi connectivity index (χ0v) is 8.05. The van der Waals surface area contributed by atoms with Crippen molar-refractivity contribution in [3.05, 3.63) is 0 Å². The van der Waals surface area contributed by atoms with Gasteiger partial charge in [-0.25, -0.2) is 0 Å². The van der Waals surface area contributed by atoms with E-state index in [4.69, 9.17) is 0 Å². The van der Waals surface area contributed by atoms with Gasteiger partial charge in [-0.2, -0.15) is 0 Å². The Balaban J connectivity index is 3.46. The van der Waals surface area contributed by atoms with Crippen LogP contribution in [0.3, 0.4) is 0 Å². The normalized spacial score (nSPS) is 12.7. The molecule has 0 heterocycles. The van der Waals surface area contributed by atoms with Gasteiger partial charge in [0.2, 0.25) is 5.91 Å². The molecule has 0 fully saturated rings. The summed E-state index contributed by atoms with van der Waals surface area (Å²) in [7, 11) is 3.61. The van der Waals surface area contributed by atoms with Gasteiger partial charge in [0.05, 0.1) is 0 Å². The lowest BCUT2D eigenvalue weighted by molar-refractivity contribution is -0.128. The highest BCUT2D eigenvalue weighted by molar-refractivity contribution is 5.75. The Hall–Kier alpha value is -0.530.